The fourth-order valence-electron chi connectivity index (χ4n) is 3.33. The molecule has 0 aliphatic heterocycles. The van der Waals surface area contributed by atoms with Crippen molar-refractivity contribution in [2.75, 3.05) is 21.3 Å². The molecule has 0 atom stereocenters. The van der Waals surface area contributed by atoms with Gasteiger partial charge in [-0.1, -0.05) is 93.1 Å². The van der Waals surface area contributed by atoms with E-state index >= 15 is 0 Å². The summed E-state index contributed by atoms with van der Waals surface area (Å²) in [6.45, 7) is 4.55. The third-order valence-corrected chi connectivity index (χ3v) is 5.71. The summed E-state index contributed by atoms with van der Waals surface area (Å²) in [4.78, 5) is 32.5. The van der Waals surface area contributed by atoms with Gasteiger partial charge in [-0.2, -0.15) is 0 Å². The minimum Gasteiger partial charge on any atom is -0.497 e. The molecule has 0 aromatic heterocycles. The normalized spacial score (nSPS) is 8.31. The van der Waals surface area contributed by atoms with Crippen molar-refractivity contribution in [2.24, 2.45) is 0 Å². The molecule has 0 spiro atoms. The maximum absolute atomic E-state index is 10.8. The first-order chi connectivity index (χ1) is 18.7. The summed E-state index contributed by atoms with van der Waals surface area (Å²) < 4.78 is 15.2. The van der Waals surface area contributed by atoms with Crippen molar-refractivity contribution < 1.29 is 28.6 Å². The molecule has 0 fully saturated rings. The van der Waals surface area contributed by atoms with Gasteiger partial charge < -0.3 is 14.2 Å². The van der Waals surface area contributed by atoms with Crippen LogP contribution in [0.1, 0.15) is 96.4 Å². The van der Waals surface area contributed by atoms with E-state index in [1.165, 1.54) is 25.0 Å². The third kappa shape index (κ3) is 16.6. The van der Waals surface area contributed by atoms with E-state index in [2.05, 4.69) is 0 Å². The molecule has 0 bridgehead atoms. The van der Waals surface area contributed by atoms with Crippen LogP contribution in [0, 0.1) is 0 Å². The minimum atomic E-state index is 0. The lowest BCUT2D eigenvalue weighted by Crippen LogP contribution is -1.95. The summed E-state index contributed by atoms with van der Waals surface area (Å²) in [5, 5.41) is 0. The number of rotatable bonds is 7. The Labute approximate surface area is 274 Å². The van der Waals surface area contributed by atoms with Gasteiger partial charge >= 0.3 is 0 Å². The molecule has 4 rings (SSSR count). The van der Waals surface area contributed by atoms with Crippen molar-refractivity contribution in [3.05, 3.63) is 114 Å². The number of hydrogen-bond acceptors (Lipinski definition) is 6. The molecule has 0 N–H and O–H groups in total. The van der Waals surface area contributed by atoms with Gasteiger partial charge in [-0.3, -0.25) is 14.4 Å². The second kappa shape index (κ2) is 25.8. The van der Waals surface area contributed by atoms with Gasteiger partial charge in [0.2, 0.25) is 0 Å². The molecule has 0 unspecified atom stereocenters. The van der Waals surface area contributed by atoms with Crippen LogP contribution in [0.15, 0.2) is 97.1 Å². The molecule has 6 heteroatoms. The van der Waals surface area contributed by atoms with Gasteiger partial charge in [-0.25, -0.2) is 0 Å². The molecule has 0 aliphatic carbocycles. The lowest BCUT2D eigenvalue weighted by Gasteiger charge is -2.05. The highest BCUT2D eigenvalue weighted by molar-refractivity contribution is 5.97. The Morgan fingerprint density at radius 3 is 0.711 bits per heavy atom. The van der Waals surface area contributed by atoms with E-state index in [0.717, 1.165) is 17.2 Å². The smallest absolute Gasteiger partial charge is 0.159 e. The summed E-state index contributed by atoms with van der Waals surface area (Å²) in [6.07, 6.45) is 0. The maximum Gasteiger partial charge on any atom is 0.159 e. The second-order valence-electron chi connectivity index (χ2n) is 8.43. The first-order valence-electron chi connectivity index (χ1n) is 12.2. The predicted octanol–water partition coefficient (Wildman–Crippen LogP) is 11.2. The van der Waals surface area contributed by atoms with Crippen LogP contribution in [0.3, 0.4) is 0 Å². The van der Waals surface area contributed by atoms with Crippen LogP contribution in [-0.4, -0.2) is 38.7 Å². The van der Waals surface area contributed by atoms with Crippen LogP contribution in [-0.2, 0) is 0 Å². The first kappa shape index (κ1) is 49.9. The largest absolute Gasteiger partial charge is 0.497 e. The number of carbonyl (C=O) groups excluding carboxylic acids is 3. The molecule has 45 heavy (non-hydrogen) atoms. The number of hydrogen-bond donors (Lipinski definition) is 0. The predicted molar refractivity (Wildman–Crippen MR) is 195 cm³/mol. The molecule has 6 nitrogen and oxygen atoms in total. The number of ether oxygens (including phenoxy) is 3. The van der Waals surface area contributed by atoms with Gasteiger partial charge in [0, 0.05) is 16.7 Å². The zero-order valence-corrected chi connectivity index (χ0v) is 23.2. The molecule has 4 aromatic rings. The van der Waals surface area contributed by atoms with Crippen LogP contribution in [0.2, 0.25) is 0 Å². The average molecular weight is 623 g/mol. The van der Waals surface area contributed by atoms with Gasteiger partial charge in [0.15, 0.2) is 17.3 Å². The van der Waals surface area contributed by atoms with Gasteiger partial charge in [0.25, 0.3) is 0 Å². The summed E-state index contributed by atoms with van der Waals surface area (Å²) in [5.41, 5.74) is 4.33. The molecule has 0 radical (unpaired) electrons. The Balaban J connectivity index is -0.000000170. The molecule has 4 aromatic carbocycles. The molecular weight excluding hydrogens is 564 g/mol. The Bertz CT molecular complexity index is 1260. The average Bonchev–Trinajstić information content (AvgIpc) is 2.98. The van der Waals surface area contributed by atoms with Crippen molar-refractivity contribution >= 4 is 17.3 Å². The van der Waals surface area contributed by atoms with E-state index in [9.17, 15) is 14.4 Å². The van der Waals surface area contributed by atoms with Crippen molar-refractivity contribution in [1.82, 2.24) is 0 Å². The quantitative estimate of drug-likeness (QED) is 0.191. The molecular formula is C39H58O6. The minimum absolute atomic E-state index is 0. The maximum atomic E-state index is 10.8. The Hall–Kier alpha value is -4.71. The molecule has 0 heterocycles. The molecule has 0 aliphatic rings. The van der Waals surface area contributed by atoms with E-state index in [1.807, 2.05) is 48.5 Å². The summed E-state index contributed by atoms with van der Waals surface area (Å²) in [7, 11) is 4.94. The summed E-state index contributed by atoms with van der Waals surface area (Å²) in [6, 6.07) is 29.7. The highest BCUT2D eigenvalue weighted by Gasteiger charge is 2.01. The lowest BCUT2D eigenvalue weighted by molar-refractivity contribution is 0.100. The van der Waals surface area contributed by atoms with E-state index in [-0.39, 0.29) is 61.9 Å². The van der Waals surface area contributed by atoms with Crippen LogP contribution in [0.5, 0.6) is 17.2 Å². The fourth-order valence-corrected chi connectivity index (χ4v) is 3.33. The van der Waals surface area contributed by atoms with Gasteiger partial charge in [-0.15, -0.1) is 0 Å². The van der Waals surface area contributed by atoms with Crippen LogP contribution < -0.4 is 14.2 Å². The standard InChI is InChI=1S/C14H14O2.C10H10O2.C9H10O2.6CH4/c1-15-13-7-3-11(4-8-13)12-5-9-14(16-2)10-6-12;1-7(11)9-3-5-10(6-4-9)8(2)12;1-7(10)8-3-5-9(11-2)6-4-8;;;;;;/h3-10H,1-2H3;3-6H,1-2H3;3-6H,1-2H3;6*1H4. The van der Waals surface area contributed by atoms with E-state index in [0.29, 0.717) is 16.7 Å². The molecule has 0 amide bonds. The number of benzene rings is 4. The van der Waals surface area contributed by atoms with Gasteiger partial charge in [-0.05, 0) is 80.4 Å². The topological polar surface area (TPSA) is 78.9 Å². The lowest BCUT2D eigenvalue weighted by atomic mass is 10.1. The first-order valence-corrected chi connectivity index (χ1v) is 12.2. The zero-order valence-electron chi connectivity index (χ0n) is 23.2. The third-order valence-electron chi connectivity index (χ3n) is 5.71. The van der Waals surface area contributed by atoms with Crippen molar-refractivity contribution in [2.45, 2.75) is 65.3 Å². The Kier molecular flexibility index (Phi) is 28.6. The van der Waals surface area contributed by atoms with E-state index in [1.54, 1.807) is 76.8 Å². The van der Waals surface area contributed by atoms with Crippen LogP contribution in [0.4, 0.5) is 0 Å². The monoisotopic (exact) mass is 622 g/mol. The highest BCUT2D eigenvalue weighted by atomic mass is 16.5. The molecule has 0 saturated carbocycles. The van der Waals surface area contributed by atoms with E-state index in [4.69, 9.17) is 14.2 Å². The zero-order chi connectivity index (χ0) is 28.8. The van der Waals surface area contributed by atoms with Crippen LogP contribution >= 0.6 is 0 Å². The Morgan fingerprint density at radius 2 is 0.533 bits per heavy atom. The molecule has 250 valence electrons. The van der Waals surface area contributed by atoms with Crippen molar-refractivity contribution in [3.8, 4) is 28.4 Å². The fraction of sp³-hybridized carbons (Fsp3) is 0.308. The number of Topliss-reactive ketones (excluding diaryl/α,β-unsaturated/α-hetero) is 3. The van der Waals surface area contributed by atoms with Crippen molar-refractivity contribution in [3.63, 3.8) is 0 Å². The number of carbonyl (C=O) groups is 3. The van der Waals surface area contributed by atoms with Crippen molar-refractivity contribution in [1.29, 1.82) is 0 Å². The highest BCUT2D eigenvalue weighted by Crippen LogP contribution is 2.24. The summed E-state index contributed by atoms with van der Waals surface area (Å²) >= 11 is 0. The number of ketones is 3. The van der Waals surface area contributed by atoms with Gasteiger partial charge in [0.1, 0.15) is 17.2 Å². The SMILES string of the molecule is C.C.C.C.C.C.CC(=O)c1ccc(C(C)=O)cc1.COc1ccc(-c2ccc(OC)cc2)cc1.COc1ccc(C(C)=O)cc1. The summed E-state index contributed by atoms with van der Waals surface area (Å²) in [5.74, 6) is 2.63. The number of methoxy groups -OCH3 is 3. The Morgan fingerprint density at radius 1 is 0.356 bits per heavy atom. The van der Waals surface area contributed by atoms with Gasteiger partial charge in [0.05, 0.1) is 21.3 Å². The molecule has 0 saturated heterocycles. The second-order valence-corrected chi connectivity index (χ2v) is 8.43. The van der Waals surface area contributed by atoms with E-state index < -0.39 is 0 Å². The van der Waals surface area contributed by atoms with Crippen LogP contribution in [0.25, 0.3) is 11.1 Å².